The molecular weight excluding hydrogens is 334 g/mol. The predicted molar refractivity (Wildman–Crippen MR) is 94.6 cm³/mol. The van der Waals surface area contributed by atoms with E-state index < -0.39 is 6.09 Å². The van der Waals surface area contributed by atoms with Crippen molar-refractivity contribution in [3.63, 3.8) is 0 Å². The Kier molecular flexibility index (Phi) is 5.82. The number of aromatic nitrogens is 2. The summed E-state index contributed by atoms with van der Waals surface area (Å²) in [6.07, 6.45) is -0.0823. The summed E-state index contributed by atoms with van der Waals surface area (Å²) < 4.78 is 16.1. The second-order valence-electron chi connectivity index (χ2n) is 5.44. The molecule has 0 spiro atoms. The van der Waals surface area contributed by atoms with Gasteiger partial charge in [-0.25, -0.2) is 4.79 Å². The smallest absolute Gasteiger partial charge is 0.407 e. The summed E-state index contributed by atoms with van der Waals surface area (Å²) in [5.74, 6) is 1.46. The third kappa shape index (κ3) is 4.60. The zero-order valence-electron chi connectivity index (χ0n) is 14.3. The van der Waals surface area contributed by atoms with E-state index in [-0.39, 0.29) is 6.61 Å². The first-order valence-electron chi connectivity index (χ1n) is 8.16. The van der Waals surface area contributed by atoms with Gasteiger partial charge in [0, 0.05) is 13.0 Å². The first-order valence-corrected chi connectivity index (χ1v) is 8.16. The van der Waals surface area contributed by atoms with Crippen LogP contribution in [0.4, 0.5) is 4.79 Å². The number of hydrogen-bond acceptors (Lipinski definition) is 6. The minimum Gasteiger partial charge on any atom is -0.496 e. The number of amides is 1. The maximum Gasteiger partial charge on any atom is 0.407 e. The number of carbonyl (C=O) groups is 1. The quantitative estimate of drug-likeness (QED) is 0.702. The lowest BCUT2D eigenvalue weighted by atomic mass is 10.2. The highest BCUT2D eigenvalue weighted by atomic mass is 16.5. The monoisotopic (exact) mass is 353 g/mol. The molecule has 26 heavy (non-hydrogen) atoms. The predicted octanol–water partition coefficient (Wildman–Crippen LogP) is 3.21. The van der Waals surface area contributed by atoms with Crippen LogP contribution in [-0.4, -0.2) is 29.9 Å². The number of benzene rings is 2. The fourth-order valence-corrected chi connectivity index (χ4v) is 2.33. The maximum absolute atomic E-state index is 11.7. The van der Waals surface area contributed by atoms with Crippen LogP contribution in [-0.2, 0) is 17.8 Å². The number of para-hydroxylation sites is 1. The molecule has 3 rings (SSSR count). The molecule has 1 N–H and O–H groups in total. The van der Waals surface area contributed by atoms with E-state index in [1.54, 1.807) is 7.11 Å². The van der Waals surface area contributed by atoms with E-state index >= 15 is 0 Å². The van der Waals surface area contributed by atoms with Gasteiger partial charge in [-0.15, -0.1) is 10.2 Å². The minimum atomic E-state index is -0.488. The molecule has 0 saturated carbocycles. The van der Waals surface area contributed by atoms with Crippen LogP contribution in [0.25, 0.3) is 11.5 Å². The van der Waals surface area contributed by atoms with E-state index in [1.165, 1.54) is 0 Å². The summed E-state index contributed by atoms with van der Waals surface area (Å²) in [4.78, 5) is 11.7. The Hall–Kier alpha value is -3.35. The summed E-state index contributed by atoms with van der Waals surface area (Å²) in [5, 5.41) is 10.7. The normalized spacial score (nSPS) is 10.3. The van der Waals surface area contributed by atoms with E-state index in [0.29, 0.717) is 30.5 Å². The largest absolute Gasteiger partial charge is 0.496 e. The lowest BCUT2D eigenvalue weighted by molar-refractivity contribution is 0.139. The zero-order valence-corrected chi connectivity index (χ0v) is 14.3. The lowest BCUT2D eigenvalue weighted by Gasteiger charge is -2.06. The van der Waals surface area contributed by atoms with Crippen LogP contribution in [0, 0.1) is 0 Å². The second-order valence-corrected chi connectivity index (χ2v) is 5.44. The summed E-state index contributed by atoms with van der Waals surface area (Å²) >= 11 is 0. The molecule has 0 bridgehead atoms. The molecule has 3 aromatic rings. The van der Waals surface area contributed by atoms with Gasteiger partial charge < -0.3 is 19.2 Å². The molecule has 0 aliphatic heterocycles. The van der Waals surface area contributed by atoms with Gasteiger partial charge in [-0.3, -0.25) is 0 Å². The fraction of sp³-hybridized carbons (Fsp3) is 0.211. The Labute approximate surface area is 151 Å². The Morgan fingerprint density at radius 3 is 2.65 bits per heavy atom. The molecule has 0 fully saturated rings. The number of methoxy groups -OCH3 is 1. The standard InChI is InChI=1S/C19H19N3O4/c1-24-16-10-6-5-9-15(16)18-22-21-17(26-18)11-12-20-19(23)25-13-14-7-3-2-4-8-14/h2-10H,11-13H2,1H3,(H,20,23). The second kappa shape index (κ2) is 8.66. The molecular formula is C19H19N3O4. The molecule has 1 heterocycles. The molecule has 0 aliphatic carbocycles. The van der Waals surface area contributed by atoms with Gasteiger partial charge in [0.1, 0.15) is 12.4 Å². The molecule has 0 unspecified atom stereocenters. The van der Waals surface area contributed by atoms with Crippen LogP contribution < -0.4 is 10.1 Å². The van der Waals surface area contributed by atoms with Gasteiger partial charge >= 0.3 is 6.09 Å². The van der Waals surface area contributed by atoms with E-state index in [4.69, 9.17) is 13.9 Å². The Bertz CT molecular complexity index is 849. The van der Waals surface area contributed by atoms with Gasteiger partial charge in [-0.1, -0.05) is 42.5 Å². The van der Waals surface area contributed by atoms with Crippen molar-refractivity contribution in [2.75, 3.05) is 13.7 Å². The number of rotatable bonds is 7. The van der Waals surface area contributed by atoms with Crippen molar-refractivity contribution in [2.24, 2.45) is 0 Å². The van der Waals surface area contributed by atoms with Crippen molar-refractivity contribution in [3.05, 3.63) is 66.1 Å². The summed E-state index contributed by atoms with van der Waals surface area (Å²) in [6.45, 7) is 0.562. The molecule has 1 aromatic heterocycles. The number of hydrogen-bond donors (Lipinski definition) is 1. The Morgan fingerprint density at radius 2 is 1.85 bits per heavy atom. The van der Waals surface area contributed by atoms with Crippen molar-refractivity contribution in [3.8, 4) is 17.2 Å². The van der Waals surface area contributed by atoms with Crippen molar-refractivity contribution < 1.29 is 18.7 Å². The summed E-state index contributed by atoms with van der Waals surface area (Å²) in [6, 6.07) is 16.9. The van der Waals surface area contributed by atoms with Crippen molar-refractivity contribution in [2.45, 2.75) is 13.0 Å². The molecule has 2 aromatic carbocycles. The van der Waals surface area contributed by atoms with Crippen LogP contribution in [0.1, 0.15) is 11.5 Å². The number of ether oxygens (including phenoxy) is 2. The van der Waals surface area contributed by atoms with Crippen molar-refractivity contribution >= 4 is 6.09 Å². The third-order valence-electron chi connectivity index (χ3n) is 3.63. The molecule has 0 radical (unpaired) electrons. The highest BCUT2D eigenvalue weighted by Crippen LogP contribution is 2.28. The maximum atomic E-state index is 11.7. The van der Waals surface area contributed by atoms with E-state index in [1.807, 2.05) is 54.6 Å². The summed E-state index contributed by atoms with van der Waals surface area (Å²) in [5.41, 5.74) is 1.66. The first-order chi connectivity index (χ1) is 12.8. The van der Waals surface area contributed by atoms with E-state index in [0.717, 1.165) is 11.1 Å². The van der Waals surface area contributed by atoms with Crippen LogP contribution in [0.2, 0.25) is 0 Å². The minimum absolute atomic E-state index is 0.227. The molecule has 7 nitrogen and oxygen atoms in total. The lowest BCUT2D eigenvalue weighted by Crippen LogP contribution is -2.26. The van der Waals surface area contributed by atoms with Gasteiger partial charge in [0.2, 0.25) is 5.89 Å². The van der Waals surface area contributed by atoms with Gasteiger partial charge in [-0.05, 0) is 17.7 Å². The molecule has 0 aliphatic rings. The highest BCUT2D eigenvalue weighted by molar-refractivity contribution is 5.67. The Balaban J connectivity index is 1.47. The average molecular weight is 353 g/mol. The van der Waals surface area contributed by atoms with Crippen LogP contribution >= 0.6 is 0 Å². The number of nitrogens with one attached hydrogen (secondary N) is 1. The molecule has 0 saturated heterocycles. The number of nitrogens with zero attached hydrogens (tertiary/aromatic N) is 2. The van der Waals surface area contributed by atoms with Gasteiger partial charge in [0.25, 0.3) is 5.89 Å². The molecule has 7 heteroatoms. The average Bonchev–Trinajstić information content (AvgIpc) is 3.16. The van der Waals surface area contributed by atoms with Crippen LogP contribution in [0.5, 0.6) is 5.75 Å². The van der Waals surface area contributed by atoms with Gasteiger partial charge in [0.15, 0.2) is 0 Å². The number of alkyl carbamates (subject to hydrolysis) is 1. The number of carbonyl (C=O) groups excluding carboxylic acids is 1. The van der Waals surface area contributed by atoms with E-state index in [9.17, 15) is 4.79 Å². The SMILES string of the molecule is COc1ccccc1-c1nnc(CCNC(=O)OCc2ccccc2)o1. The van der Waals surface area contributed by atoms with Gasteiger partial charge in [0.05, 0.1) is 12.7 Å². The third-order valence-corrected chi connectivity index (χ3v) is 3.63. The Morgan fingerprint density at radius 1 is 1.08 bits per heavy atom. The van der Waals surface area contributed by atoms with Crippen LogP contribution in [0.3, 0.4) is 0 Å². The fourth-order valence-electron chi connectivity index (χ4n) is 2.33. The molecule has 134 valence electrons. The summed E-state index contributed by atoms with van der Waals surface area (Å²) in [7, 11) is 1.58. The topological polar surface area (TPSA) is 86.5 Å². The molecule has 0 atom stereocenters. The van der Waals surface area contributed by atoms with Crippen molar-refractivity contribution in [1.82, 2.24) is 15.5 Å². The van der Waals surface area contributed by atoms with Gasteiger partial charge in [-0.2, -0.15) is 0 Å². The van der Waals surface area contributed by atoms with E-state index in [2.05, 4.69) is 15.5 Å². The first kappa shape index (κ1) is 17.5. The zero-order chi connectivity index (χ0) is 18.2. The van der Waals surface area contributed by atoms with Crippen LogP contribution in [0.15, 0.2) is 59.0 Å². The van der Waals surface area contributed by atoms with Crippen molar-refractivity contribution in [1.29, 1.82) is 0 Å². The highest BCUT2D eigenvalue weighted by Gasteiger charge is 2.13. The molecule has 1 amide bonds.